The van der Waals surface area contributed by atoms with Crippen LogP contribution in [0.3, 0.4) is 0 Å². The lowest BCUT2D eigenvalue weighted by Gasteiger charge is -2.16. The molecule has 2 aromatic rings. The zero-order valence-corrected chi connectivity index (χ0v) is 13.5. The van der Waals surface area contributed by atoms with Crippen LogP contribution in [0.2, 0.25) is 5.02 Å². The summed E-state index contributed by atoms with van der Waals surface area (Å²) in [6, 6.07) is 11.3. The molecule has 23 heavy (non-hydrogen) atoms. The number of nitrogens with zero attached hydrogens (tertiary/aromatic N) is 2. The highest BCUT2D eigenvalue weighted by Crippen LogP contribution is 2.26. The van der Waals surface area contributed by atoms with E-state index in [1.165, 1.54) is 12.8 Å². The van der Waals surface area contributed by atoms with E-state index in [4.69, 9.17) is 21.6 Å². The second-order valence-electron chi connectivity index (χ2n) is 5.65. The summed E-state index contributed by atoms with van der Waals surface area (Å²) in [6.07, 6.45) is 6.72. The van der Waals surface area contributed by atoms with Crippen LogP contribution in [0.1, 0.15) is 36.8 Å². The Morgan fingerprint density at radius 2 is 2.13 bits per heavy atom. The predicted octanol–water partition coefficient (Wildman–Crippen LogP) is 4.54. The van der Waals surface area contributed by atoms with Gasteiger partial charge in [0.15, 0.2) is 0 Å². The van der Waals surface area contributed by atoms with Gasteiger partial charge in [0.2, 0.25) is 5.88 Å². The number of nitriles is 1. The van der Waals surface area contributed by atoms with E-state index in [9.17, 15) is 0 Å². The summed E-state index contributed by atoms with van der Waals surface area (Å²) in [5.41, 5.74) is 2.36. The Morgan fingerprint density at radius 3 is 2.87 bits per heavy atom. The van der Waals surface area contributed by atoms with Crippen LogP contribution in [0.15, 0.2) is 36.5 Å². The molecule has 0 radical (unpaired) electrons. The van der Waals surface area contributed by atoms with Crippen molar-refractivity contribution in [3.8, 4) is 11.9 Å². The summed E-state index contributed by atoms with van der Waals surface area (Å²) in [6.45, 7) is 0.595. The molecule has 1 heterocycles. The minimum atomic E-state index is 0.285. The van der Waals surface area contributed by atoms with Crippen molar-refractivity contribution < 1.29 is 4.74 Å². The number of ether oxygens (including phenoxy) is 1. The number of aromatic nitrogens is 1. The highest BCUT2D eigenvalue weighted by molar-refractivity contribution is 6.32. The van der Waals surface area contributed by atoms with Crippen LogP contribution < -0.4 is 10.1 Å². The molecule has 1 aliphatic rings. The van der Waals surface area contributed by atoms with Crippen molar-refractivity contribution in [2.45, 2.75) is 38.3 Å². The zero-order valence-electron chi connectivity index (χ0n) is 12.8. The smallest absolute Gasteiger partial charge is 0.218 e. The molecule has 0 amide bonds. The molecule has 1 N–H and O–H groups in total. The standard InChI is InChI=1S/C18H18ClN3O/c19-17-10-15(8-7-13(17)11-20)22-12-14-4-3-9-21-18(14)23-16-5-1-2-6-16/h3-4,7-10,16,22H,1-2,5-6,12H2. The number of nitrogens with one attached hydrogen (secondary N) is 1. The van der Waals surface area contributed by atoms with Crippen LogP contribution in [0.4, 0.5) is 5.69 Å². The Kier molecular flexibility index (Phi) is 4.99. The van der Waals surface area contributed by atoms with E-state index in [2.05, 4.69) is 16.4 Å². The second-order valence-corrected chi connectivity index (χ2v) is 6.06. The van der Waals surface area contributed by atoms with E-state index in [-0.39, 0.29) is 6.10 Å². The van der Waals surface area contributed by atoms with Gasteiger partial charge in [-0.05, 0) is 49.9 Å². The van der Waals surface area contributed by atoms with Crippen molar-refractivity contribution in [1.82, 2.24) is 4.98 Å². The first-order valence-electron chi connectivity index (χ1n) is 7.80. The van der Waals surface area contributed by atoms with Crippen molar-refractivity contribution >= 4 is 17.3 Å². The maximum atomic E-state index is 8.91. The Hall–Kier alpha value is -2.25. The molecule has 0 unspecified atom stereocenters. The van der Waals surface area contributed by atoms with Crippen LogP contribution in [-0.4, -0.2) is 11.1 Å². The van der Waals surface area contributed by atoms with Crippen LogP contribution >= 0.6 is 11.6 Å². The summed E-state index contributed by atoms with van der Waals surface area (Å²) in [4.78, 5) is 4.37. The Labute approximate surface area is 141 Å². The van der Waals surface area contributed by atoms with E-state index >= 15 is 0 Å². The number of anilines is 1. The van der Waals surface area contributed by atoms with Crippen LogP contribution in [0, 0.1) is 11.3 Å². The molecule has 1 aliphatic carbocycles. The van der Waals surface area contributed by atoms with Gasteiger partial charge in [-0.1, -0.05) is 17.7 Å². The quantitative estimate of drug-likeness (QED) is 0.875. The maximum absolute atomic E-state index is 8.91. The first-order valence-corrected chi connectivity index (χ1v) is 8.18. The highest BCUT2D eigenvalue weighted by Gasteiger charge is 2.18. The fourth-order valence-corrected chi connectivity index (χ4v) is 2.96. The number of halogens is 1. The number of rotatable bonds is 5. The molecule has 0 aliphatic heterocycles. The molecule has 0 atom stereocenters. The third-order valence-corrected chi connectivity index (χ3v) is 4.32. The first-order chi connectivity index (χ1) is 11.3. The van der Waals surface area contributed by atoms with Crippen LogP contribution in [0.5, 0.6) is 5.88 Å². The number of hydrogen-bond acceptors (Lipinski definition) is 4. The van der Waals surface area contributed by atoms with Gasteiger partial charge in [0.05, 0.1) is 10.6 Å². The lowest BCUT2D eigenvalue weighted by molar-refractivity contribution is 0.199. The summed E-state index contributed by atoms with van der Waals surface area (Å²) in [7, 11) is 0. The topological polar surface area (TPSA) is 57.9 Å². The molecule has 118 valence electrons. The summed E-state index contributed by atoms with van der Waals surface area (Å²) in [5, 5.41) is 12.7. The van der Waals surface area contributed by atoms with Crippen molar-refractivity contribution in [2.24, 2.45) is 0 Å². The van der Waals surface area contributed by atoms with E-state index < -0.39 is 0 Å². The van der Waals surface area contributed by atoms with E-state index in [0.717, 1.165) is 24.1 Å². The summed E-state index contributed by atoms with van der Waals surface area (Å²) in [5.74, 6) is 0.701. The van der Waals surface area contributed by atoms with Gasteiger partial charge in [-0.3, -0.25) is 0 Å². The Morgan fingerprint density at radius 1 is 1.30 bits per heavy atom. The number of hydrogen-bond donors (Lipinski definition) is 1. The van der Waals surface area contributed by atoms with E-state index in [0.29, 0.717) is 23.0 Å². The lowest BCUT2D eigenvalue weighted by atomic mass is 10.2. The van der Waals surface area contributed by atoms with E-state index in [1.807, 2.05) is 18.2 Å². The largest absolute Gasteiger partial charge is 0.474 e. The van der Waals surface area contributed by atoms with Gasteiger partial charge in [0.25, 0.3) is 0 Å². The molecular formula is C18H18ClN3O. The average molecular weight is 328 g/mol. The monoisotopic (exact) mass is 327 g/mol. The zero-order chi connectivity index (χ0) is 16.1. The van der Waals surface area contributed by atoms with Gasteiger partial charge in [-0.2, -0.15) is 5.26 Å². The van der Waals surface area contributed by atoms with Gasteiger partial charge in [-0.15, -0.1) is 0 Å². The second kappa shape index (κ2) is 7.34. The lowest BCUT2D eigenvalue weighted by Crippen LogP contribution is -2.14. The fraction of sp³-hybridized carbons (Fsp3) is 0.333. The third-order valence-electron chi connectivity index (χ3n) is 4.00. The normalized spacial score (nSPS) is 14.4. The highest BCUT2D eigenvalue weighted by atomic mass is 35.5. The maximum Gasteiger partial charge on any atom is 0.218 e. The molecule has 4 nitrogen and oxygen atoms in total. The van der Waals surface area contributed by atoms with Crippen molar-refractivity contribution in [1.29, 1.82) is 5.26 Å². The van der Waals surface area contributed by atoms with Gasteiger partial charge in [0, 0.05) is 24.0 Å². The number of pyridine rings is 1. The molecule has 1 aromatic carbocycles. The SMILES string of the molecule is N#Cc1ccc(NCc2cccnc2OC2CCCC2)cc1Cl. The number of benzene rings is 1. The van der Waals surface area contributed by atoms with E-state index in [1.54, 1.807) is 18.3 Å². The molecule has 3 rings (SSSR count). The van der Waals surface area contributed by atoms with Crippen molar-refractivity contribution in [2.75, 3.05) is 5.32 Å². The predicted molar refractivity (Wildman–Crippen MR) is 90.6 cm³/mol. The fourth-order valence-electron chi connectivity index (χ4n) is 2.74. The van der Waals surface area contributed by atoms with Gasteiger partial charge >= 0.3 is 0 Å². The molecule has 0 bridgehead atoms. The molecule has 0 spiro atoms. The van der Waals surface area contributed by atoms with Crippen molar-refractivity contribution in [3.63, 3.8) is 0 Å². The molecule has 1 fully saturated rings. The summed E-state index contributed by atoms with van der Waals surface area (Å²) < 4.78 is 6.03. The van der Waals surface area contributed by atoms with Gasteiger partial charge < -0.3 is 10.1 Å². The van der Waals surface area contributed by atoms with Gasteiger partial charge in [-0.25, -0.2) is 4.98 Å². The summed E-state index contributed by atoms with van der Waals surface area (Å²) >= 11 is 6.06. The Balaban J connectivity index is 1.68. The molecular weight excluding hydrogens is 310 g/mol. The third kappa shape index (κ3) is 3.94. The molecule has 1 saturated carbocycles. The minimum absolute atomic E-state index is 0.285. The van der Waals surface area contributed by atoms with Crippen LogP contribution in [-0.2, 0) is 6.54 Å². The Bertz CT molecular complexity index is 720. The minimum Gasteiger partial charge on any atom is -0.474 e. The van der Waals surface area contributed by atoms with Gasteiger partial charge in [0.1, 0.15) is 12.2 Å². The first kappa shape index (κ1) is 15.6. The molecule has 1 aromatic heterocycles. The molecule has 0 saturated heterocycles. The van der Waals surface area contributed by atoms with Crippen molar-refractivity contribution in [3.05, 3.63) is 52.7 Å². The average Bonchev–Trinajstić information content (AvgIpc) is 3.07. The van der Waals surface area contributed by atoms with Crippen LogP contribution in [0.25, 0.3) is 0 Å². The molecule has 5 heteroatoms.